The van der Waals surface area contributed by atoms with Crippen molar-refractivity contribution in [3.05, 3.63) is 211 Å². The first-order chi connectivity index (χ1) is 34.8. The summed E-state index contributed by atoms with van der Waals surface area (Å²) in [4.78, 5) is 4.90. The van der Waals surface area contributed by atoms with Gasteiger partial charge in [0, 0.05) is 44.3 Å². The van der Waals surface area contributed by atoms with Crippen LogP contribution < -0.4 is 9.30 Å². The second-order valence-electron chi connectivity index (χ2n) is 22.2. The topological polar surface area (TPSA) is 35.9 Å². The fourth-order valence-corrected chi connectivity index (χ4v) is 11.9. The molecule has 0 unspecified atom stereocenters. The van der Waals surface area contributed by atoms with Gasteiger partial charge in [-0.2, -0.15) is 18.2 Å². The number of aromatic nitrogens is 4. The Morgan fingerprint density at radius 3 is 1.95 bits per heavy atom. The molecule has 1 aliphatic carbocycles. The van der Waals surface area contributed by atoms with Crippen LogP contribution in [0.1, 0.15) is 84.4 Å². The van der Waals surface area contributed by atoms with Crippen molar-refractivity contribution in [1.29, 1.82) is 0 Å². The molecular formula is C67H56N4OPt-2. The molecule has 13 rings (SSSR count). The number of hydrogen-bond acceptors (Lipinski definition) is 2. The quantitative estimate of drug-likeness (QED) is 0.0978. The van der Waals surface area contributed by atoms with Gasteiger partial charge in [0.05, 0.1) is 16.7 Å². The van der Waals surface area contributed by atoms with Crippen molar-refractivity contribution in [3.63, 3.8) is 0 Å². The Bertz CT molecular complexity index is 3990. The van der Waals surface area contributed by atoms with Gasteiger partial charge in [0.15, 0.2) is 0 Å². The maximum Gasteiger partial charge on any atom is 0.268 e. The molecule has 11 aromatic rings. The van der Waals surface area contributed by atoms with Crippen molar-refractivity contribution in [2.45, 2.75) is 84.0 Å². The summed E-state index contributed by atoms with van der Waals surface area (Å²) in [6, 6.07) is 68.9. The van der Waals surface area contributed by atoms with Crippen LogP contribution in [0.2, 0.25) is 0 Å². The molecule has 0 radical (unpaired) electrons. The Kier molecular flexibility index (Phi) is 11.1. The third-order valence-corrected chi connectivity index (χ3v) is 15.7. The zero-order valence-corrected chi connectivity index (χ0v) is 44.7. The Morgan fingerprint density at radius 1 is 0.562 bits per heavy atom. The second kappa shape index (κ2) is 17.4. The monoisotopic (exact) mass is 1130 g/mol. The predicted octanol–water partition coefficient (Wildman–Crippen LogP) is 16.6. The van der Waals surface area contributed by atoms with Crippen LogP contribution in [0.4, 0.5) is 0 Å². The minimum Gasteiger partial charge on any atom is -0.510 e. The number of hydrogen-bond donors (Lipinski definition) is 0. The van der Waals surface area contributed by atoms with Crippen molar-refractivity contribution >= 4 is 32.8 Å². The first kappa shape index (κ1) is 46.7. The zero-order valence-electron chi connectivity index (χ0n) is 42.4. The molecule has 3 aromatic heterocycles. The maximum absolute atomic E-state index is 6.78. The van der Waals surface area contributed by atoms with Crippen LogP contribution in [0, 0.1) is 18.5 Å². The summed E-state index contributed by atoms with van der Waals surface area (Å²) in [5.41, 5.74) is 19.6. The number of fused-ring (bicyclic) bond motifs is 11. The molecule has 5 nitrogen and oxygen atoms in total. The van der Waals surface area contributed by atoms with Crippen LogP contribution in [-0.4, -0.2) is 14.1 Å². The smallest absolute Gasteiger partial charge is 0.268 e. The van der Waals surface area contributed by atoms with Gasteiger partial charge in [0.25, 0.3) is 6.33 Å². The average Bonchev–Trinajstić information content (AvgIpc) is 3.92. The standard InChI is InChI=1S/C67H56N4O.Pt/c1-65(2,3)44-34-37-68-62(39-44)71-59-28-13-12-24-53(59)54-32-31-47(41-61(54)71)72-46-19-14-18-45(40-46)69-42-70-63-48(43-30-33-57-58(38-43)67(6,7)36-17-35-66(57,4)5)25-15-26-55(63)51-22-10-8-20-49(51)50-21-9-11-23-52(50)56-27-16-29-60(69)64(56)70;/h8-16,18-34,37-39H,17,35-36H2,1-7H3;/q-2;. The summed E-state index contributed by atoms with van der Waals surface area (Å²) < 4.78 is 13.5. The van der Waals surface area contributed by atoms with Crippen LogP contribution >= 0.6 is 0 Å². The van der Waals surface area contributed by atoms with Gasteiger partial charge in [-0.1, -0.05) is 182 Å². The van der Waals surface area contributed by atoms with Crippen LogP contribution in [0.3, 0.4) is 0 Å². The van der Waals surface area contributed by atoms with E-state index in [1.807, 2.05) is 24.4 Å². The Balaban J connectivity index is 0.00000543. The SMILES string of the molecule is CC(C)(C)c1ccnc(-n2c3[c-]c(Oc4[c-]c(-n5[c-][n+]6c7c(cccc75)-c5ccccc5-c5ccccc5-c5cccc(-c7ccc8c(c7)C(C)(C)CCCC8(C)C)c5-6)ccc4)ccc3c3ccccc32)c1.[Pt]. The van der Waals surface area contributed by atoms with E-state index in [2.05, 4.69) is 232 Å². The average molecular weight is 1130 g/mol. The van der Waals surface area contributed by atoms with Crippen molar-refractivity contribution < 1.29 is 30.4 Å². The molecule has 0 atom stereocenters. The fourth-order valence-electron chi connectivity index (χ4n) is 11.9. The molecule has 8 aromatic carbocycles. The molecule has 0 spiro atoms. The number of rotatable bonds is 5. The van der Waals surface area contributed by atoms with E-state index in [4.69, 9.17) is 9.72 Å². The molecule has 0 amide bonds. The number of nitrogens with zero attached hydrogens (tertiary/aromatic N) is 4. The van der Waals surface area contributed by atoms with Crippen molar-refractivity contribution in [1.82, 2.24) is 14.1 Å². The Morgan fingerprint density at radius 2 is 1.18 bits per heavy atom. The first-order valence-electron chi connectivity index (χ1n) is 25.4. The third-order valence-electron chi connectivity index (χ3n) is 15.7. The Hall–Kier alpha value is -7.33. The second-order valence-corrected chi connectivity index (χ2v) is 22.2. The van der Waals surface area contributed by atoms with Gasteiger partial charge >= 0.3 is 0 Å². The molecule has 0 fully saturated rings. The summed E-state index contributed by atoms with van der Waals surface area (Å²) in [6.45, 7) is 16.4. The summed E-state index contributed by atoms with van der Waals surface area (Å²) in [7, 11) is 0. The summed E-state index contributed by atoms with van der Waals surface area (Å²) in [5.74, 6) is 2.02. The van der Waals surface area contributed by atoms with Gasteiger partial charge in [-0.15, -0.1) is 29.7 Å². The number of para-hydroxylation sites is 3. The largest absolute Gasteiger partial charge is 0.510 e. The normalized spacial score (nSPS) is 14.5. The molecule has 2 aliphatic rings. The van der Waals surface area contributed by atoms with E-state index in [1.54, 1.807) is 0 Å². The van der Waals surface area contributed by atoms with Gasteiger partial charge in [0.1, 0.15) is 5.82 Å². The van der Waals surface area contributed by atoms with E-state index in [0.717, 1.165) is 73.1 Å². The molecule has 0 N–H and O–H groups in total. The molecule has 73 heavy (non-hydrogen) atoms. The maximum atomic E-state index is 6.78. The van der Waals surface area contributed by atoms with Crippen LogP contribution in [0.25, 0.3) is 94.5 Å². The van der Waals surface area contributed by atoms with E-state index < -0.39 is 0 Å². The molecule has 1 aliphatic heterocycles. The zero-order chi connectivity index (χ0) is 49.1. The molecule has 4 heterocycles. The van der Waals surface area contributed by atoms with Crippen molar-refractivity contribution in [2.75, 3.05) is 0 Å². The van der Waals surface area contributed by atoms with E-state index in [1.165, 1.54) is 57.3 Å². The van der Waals surface area contributed by atoms with Gasteiger partial charge in [0.2, 0.25) is 0 Å². The van der Waals surface area contributed by atoms with Gasteiger partial charge in [-0.3, -0.25) is 4.57 Å². The fraction of sp³-hybridized carbons (Fsp3) is 0.194. The van der Waals surface area contributed by atoms with Gasteiger partial charge < -0.3 is 13.9 Å². The van der Waals surface area contributed by atoms with Gasteiger partial charge in [-0.05, 0) is 120 Å². The minimum absolute atomic E-state index is 0. The molecule has 0 saturated heterocycles. The number of ether oxygens (including phenoxy) is 1. The third kappa shape index (κ3) is 7.70. The first-order valence-corrected chi connectivity index (χ1v) is 25.4. The summed E-state index contributed by atoms with van der Waals surface area (Å²) in [5, 5.41) is 2.22. The number of imidazole rings is 1. The van der Waals surface area contributed by atoms with Crippen molar-refractivity contribution in [2.24, 2.45) is 0 Å². The Labute approximate surface area is 443 Å². The number of pyridine rings is 1. The number of benzene rings is 8. The predicted molar refractivity (Wildman–Crippen MR) is 294 cm³/mol. The molecule has 0 saturated carbocycles. The van der Waals surface area contributed by atoms with Gasteiger partial charge in [-0.25, -0.2) is 4.98 Å². The van der Waals surface area contributed by atoms with Crippen LogP contribution in [-0.2, 0) is 37.3 Å². The van der Waals surface area contributed by atoms with E-state index in [-0.39, 0.29) is 37.3 Å². The van der Waals surface area contributed by atoms with Crippen LogP contribution in [0.15, 0.2) is 176 Å². The molecule has 362 valence electrons. The van der Waals surface area contributed by atoms with Crippen LogP contribution in [0.5, 0.6) is 11.5 Å². The van der Waals surface area contributed by atoms with Crippen molar-refractivity contribution in [3.8, 4) is 73.2 Å². The van der Waals surface area contributed by atoms with E-state index in [9.17, 15) is 0 Å². The molecule has 0 bridgehead atoms. The summed E-state index contributed by atoms with van der Waals surface area (Å²) >= 11 is 0. The molecular weight excluding hydrogens is 1070 g/mol. The van der Waals surface area contributed by atoms with E-state index in [0.29, 0.717) is 11.5 Å². The molecule has 6 heteroatoms. The summed E-state index contributed by atoms with van der Waals surface area (Å²) in [6.07, 6.45) is 9.43. The van der Waals surface area contributed by atoms with E-state index >= 15 is 0 Å². The minimum atomic E-state index is -0.0360.